The maximum Gasteiger partial charge on any atom is 0.419 e. The lowest BCUT2D eigenvalue weighted by atomic mass is 9.77. The van der Waals surface area contributed by atoms with Gasteiger partial charge in [-0.3, -0.25) is 0 Å². The van der Waals surface area contributed by atoms with Crippen molar-refractivity contribution in [3.05, 3.63) is 64.5 Å². The lowest BCUT2D eigenvalue weighted by Crippen LogP contribution is -2.23. The molecule has 2 aromatic carbocycles. The van der Waals surface area contributed by atoms with E-state index in [2.05, 4.69) is 31.2 Å². The fourth-order valence-corrected chi connectivity index (χ4v) is 5.90. The molecule has 6 heteroatoms. The van der Waals surface area contributed by atoms with Gasteiger partial charge in [-0.05, 0) is 80.0 Å². The summed E-state index contributed by atoms with van der Waals surface area (Å²) in [6.45, 7) is 4.09. The van der Waals surface area contributed by atoms with Crippen molar-refractivity contribution < 1.29 is 27.0 Å². The second-order valence-electron chi connectivity index (χ2n) is 10.0. The van der Waals surface area contributed by atoms with E-state index in [9.17, 15) is 17.6 Å². The molecule has 1 heterocycles. The maximum atomic E-state index is 14.7. The number of rotatable bonds is 7. The highest BCUT2D eigenvalue weighted by molar-refractivity contribution is 5.42. The van der Waals surface area contributed by atoms with Crippen LogP contribution in [-0.4, -0.2) is 13.2 Å². The monoisotopic (exact) mass is 492 g/mol. The van der Waals surface area contributed by atoms with Crippen molar-refractivity contribution in [2.75, 3.05) is 13.2 Å². The van der Waals surface area contributed by atoms with Crippen LogP contribution >= 0.6 is 0 Å². The summed E-state index contributed by atoms with van der Waals surface area (Å²) in [7, 11) is 0. The molecule has 2 fully saturated rings. The van der Waals surface area contributed by atoms with Crippen LogP contribution in [0.15, 0.2) is 36.4 Å². The number of halogens is 4. The number of hydrogen-bond donors (Lipinski definition) is 0. The summed E-state index contributed by atoms with van der Waals surface area (Å²) in [4.78, 5) is 0. The molecule has 2 atom stereocenters. The van der Waals surface area contributed by atoms with Crippen molar-refractivity contribution >= 4 is 0 Å². The fourth-order valence-electron chi connectivity index (χ4n) is 5.90. The zero-order valence-electron chi connectivity index (χ0n) is 20.7. The Labute approximate surface area is 206 Å². The van der Waals surface area contributed by atoms with Gasteiger partial charge in [-0.1, -0.05) is 50.1 Å². The van der Waals surface area contributed by atoms with E-state index in [0.717, 1.165) is 11.5 Å². The van der Waals surface area contributed by atoms with Gasteiger partial charge in [0.2, 0.25) is 0 Å². The minimum absolute atomic E-state index is 0.0501. The van der Waals surface area contributed by atoms with Crippen LogP contribution in [0.2, 0.25) is 0 Å². The number of alkyl halides is 3. The summed E-state index contributed by atoms with van der Waals surface area (Å²) in [6, 6.07) is 11.2. The molecule has 1 saturated carbocycles. The molecular weight excluding hydrogens is 456 g/mol. The molecule has 0 spiro atoms. The standard InChI is InChI=1S/C29H36F4O2/c1-3-5-19-6-8-20(9-7-19)21-10-12-22(13-11-21)25-16-14-23(18-35-25)24-15-17-26(34-4-2)28(30)27(24)29(31,32)33/h10-13,15,17,19-20,23,25H,3-9,14,16,18H2,1-2H3. The van der Waals surface area contributed by atoms with Crippen LogP contribution < -0.4 is 4.74 Å². The summed E-state index contributed by atoms with van der Waals surface area (Å²) in [5, 5.41) is 0. The molecule has 0 radical (unpaired) electrons. The first-order valence-electron chi connectivity index (χ1n) is 13.1. The molecule has 35 heavy (non-hydrogen) atoms. The summed E-state index contributed by atoms with van der Waals surface area (Å²) in [6.07, 6.45) is 3.84. The Hall–Kier alpha value is -2.08. The van der Waals surface area contributed by atoms with Gasteiger partial charge < -0.3 is 9.47 Å². The molecule has 2 aromatic rings. The Morgan fingerprint density at radius 2 is 1.51 bits per heavy atom. The van der Waals surface area contributed by atoms with Gasteiger partial charge in [0.05, 0.1) is 24.9 Å². The van der Waals surface area contributed by atoms with Gasteiger partial charge in [0.15, 0.2) is 11.6 Å². The van der Waals surface area contributed by atoms with Gasteiger partial charge in [0.25, 0.3) is 0 Å². The van der Waals surface area contributed by atoms with Crippen molar-refractivity contribution in [2.45, 2.75) is 89.3 Å². The predicted octanol–water partition coefficient (Wildman–Crippen LogP) is 8.95. The first kappa shape index (κ1) is 26.0. The Morgan fingerprint density at radius 1 is 0.857 bits per heavy atom. The normalized spacial score (nSPS) is 25.4. The van der Waals surface area contributed by atoms with E-state index in [1.807, 2.05) is 0 Å². The largest absolute Gasteiger partial charge is 0.491 e. The van der Waals surface area contributed by atoms with Crippen molar-refractivity contribution in [1.29, 1.82) is 0 Å². The SMILES string of the molecule is CCCC1CCC(c2ccc(C3CCC(c4ccc(OCC)c(F)c4C(F)(F)F)CO3)cc2)CC1. The van der Waals surface area contributed by atoms with Crippen molar-refractivity contribution in [3.8, 4) is 5.75 Å². The third kappa shape index (κ3) is 6.02. The van der Waals surface area contributed by atoms with Gasteiger partial charge in [-0.15, -0.1) is 0 Å². The van der Waals surface area contributed by atoms with Crippen LogP contribution in [0.4, 0.5) is 17.6 Å². The van der Waals surface area contributed by atoms with E-state index in [0.29, 0.717) is 18.8 Å². The lowest BCUT2D eigenvalue weighted by molar-refractivity contribution is -0.141. The van der Waals surface area contributed by atoms with E-state index in [1.165, 1.54) is 56.2 Å². The second-order valence-corrected chi connectivity index (χ2v) is 10.0. The molecule has 1 aliphatic carbocycles. The Morgan fingerprint density at radius 3 is 2.09 bits per heavy atom. The summed E-state index contributed by atoms with van der Waals surface area (Å²) in [5.74, 6) is -0.717. The average Bonchev–Trinajstić information content (AvgIpc) is 2.85. The predicted molar refractivity (Wildman–Crippen MR) is 129 cm³/mol. The van der Waals surface area contributed by atoms with E-state index < -0.39 is 23.5 Å². The molecule has 0 N–H and O–H groups in total. The molecule has 2 nitrogen and oxygen atoms in total. The summed E-state index contributed by atoms with van der Waals surface area (Å²) >= 11 is 0. The van der Waals surface area contributed by atoms with E-state index in [-0.39, 0.29) is 30.6 Å². The molecule has 4 rings (SSSR count). The second kappa shape index (κ2) is 11.3. The van der Waals surface area contributed by atoms with E-state index in [1.54, 1.807) is 6.92 Å². The van der Waals surface area contributed by atoms with Crippen LogP contribution in [-0.2, 0) is 10.9 Å². The first-order chi connectivity index (χ1) is 16.8. The van der Waals surface area contributed by atoms with E-state index >= 15 is 0 Å². The van der Waals surface area contributed by atoms with Crippen molar-refractivity contribution in [1.82, 2.24) is 0 Å². The number of benzene rings is 2. The minimum atomic E-state index is -4.80. The van der Waals surface area contributed by atoms with Crippen LogP contribution in [0.5, 0.6) is 5.75 Å². The van der Waals surface area contributed by atoms with Crippen molar-refractivity contribution in [2.24, 2.45) is 5.92 Å². The molecule has 192 valence electrons. The highest BCUT2D eigenvalue weighted by Crippen LogP contribution is 2.44. The highest BCUT2D eigenvalue weighted by atomic mass is 19.4. The third-order valence-corrected chi connectivity index (χ3v) is 7.76. The molecule has 2 unspecified atom stereocenters. The van der Waals surface area contributed by atoms with Crippen LogP contribution in [0.1, 0.15) is 105 Å². The van der Waals surface area contributed by atoms with Gasteiger partial charge in [0.1, 0.15) is 0 Å². The van der Waals surface area contributed by atoms with Crippen LogP contribution in [0.25, 0.3) is 0 Å². The first-order valence-corrected chi connectivity index (χ1v) is 13.1. The van der Waals surface area contributed by atoms with Crippen LogP contribution in [0, 0.1) is 11.7 Å². The van der Waals surface area contributed by atoms with Gasteiger partial charge >= 0.3 is 6.18 Å². The number of ether oxygens (including phenoxy) is 2. The molecule has 1 saturated heterocycles. The Balaban J connectivity index is 1.40. The zero-order valence-corrected chi connectivity index (χ0v) is 20.7. The van der Waals surface area contributed by atoms with Gasteiger partial charge in [-0.25, -0.2) is 4.39 Å². The Kier molecular flexibility index (Phi) is 8.41. The molecule has 2 aliphatic rings. The molecule has 1 aliphatic heterocycles. The number of hydrogen-bond acceptors (Lipinski definition) is 2. The molecular formula is C29H36F4O2. The topological polar surface area (TPSA) is 18.5 Å². The zero-order chi connectivity index (χ0) is 25.0. The van der Waals surface area contributed by atoms with Crippen molar-refractivity contribution in [3.63, 3.8) is 0 Å². The fraction of sp³-hybridized carbons (Fsp3) is 0.586. The average molecular weight is 493 g/mol. The lowest BCUT2D eigenvalue weighted by Gasteiger charge is -2.32. The van der Waals surface area contributed by atoms with Gasteiger partial charge in [-0.2, -0.15) is 13.2 Å². The molecule has 0 aromatic heterocycles. The summed E-state index contributed by atoms with van der Waals surface area (Å²) < 4.78 is 67.0. The molecule has 0 bridgehead atoms. The van der Waals surface area contributed by atoms with E-state index in [4.69, 9.17) is 9.47 Å². The summed E-state index contributed by atoms with van der Waals surface area (Å²) in [5.41, 5.74) is 1.15. The highest BCUT2D eigenvalue weighted by Gasteiger charge is 2.41. The minimum Gasteiger partial charge on any atom is -0.491 e. The Bertz CT molecular complexity index is 954. The quantitative estimate of drug-likeness (QED) is 0.359. The van der Waals surface area contributed by atoms with Gasteiger partial charge in [0, 0.05) is 5.92 Å². The van der Waals surface area contributed by atoms with Crippen LogP contribution in [0.3, 0.4) is 0 Å². The molecule has 0 amide bonds. The maximum absolute atomic E-state index is 14.7. The third-order valence-electron chi connectivity index (χ3n) is 7.76. The smallest absolute Gasteiger partial charge is 0.419 e.